The molecule has 0 amide bonds. The van der Waals surface area contributed by atoms with E-state index < -0.39 is 6.10 Å². The van der Waals surface area contributed by atoms with Gasteiger partial charge in [0.15, 0.2) is 5.78 Å². The highest BCUT2D eigenvalue weighted by molar-refractivity contribution is 6.32. The number of ketones is 1. The van der Waals surface area contributed by atoms with Gasteiger partial charge in [-0.05, 0) is 30.4 Å². The molecule has 0 radical (unpaired) electrons. The number of benzene rings is 1. The summed E-state index contributed by atoms with van der Waals surface area (Å²) in [5.74, 6) is -0.135. The molecule has 0 spiro atoms. The average Bonchev–Trinajstić information content (AvgIpc) is 2.45. The number of hydrogen-bond acceptors (Lipinski definition) is 2. The van der Waals surface area contributed by atoms with Crippen molar-refractivity contribution in [2.45, 2.75) is 58.0 Å². The molecule has 0 fully saturated rings. The van der Waals surface area contributed by atoms with E-state index in [1.807, 2.05) is 6.07 Å². The van der Waals surface area contributed by atoms with Crippen LogP contribution in [-0.4, -0.2) is 17.0 Å². The highest BCUT2D eigenvalue weighted by Gasteiger charge is 2.34. The van der Waals surface area contributed by atoms with E-state index in [1.54, 1.807) is 12.1 Å². The molecular formula is C17H23ClO2. The quantitative estimate of drug-likeness (QED) is 0.789. The molecule has 1 aromatic rings. The van der Waals surface area contributed by atoms with Gasteiger partial charge in [0.2, 0.25) is 0 Å². The summed E-state index contributed by atoms with van der Waals surface area (Å²) in [4.78, 5) is 12.2. The molecule has 1 aliphatic carbocycles. The second-order valence-corrected chi connectivity index (χ2v) is 6.15. The van der Waals surface area contributed by atoms with Gasteiger partial charge in [-0.3, -0.25) is 4.79 Å². The van der Waals surface area contributed by atoms with Crippen molar-refractivity contribution in [2.24, 2.45) is 5.92 Å². The molecule has 1 N–H and O–H groups in total. The van der Waals surface area contributed by atoms with Gasteiger partial charge in [0, 0.05) is 10.6 Å². The van der Waals surface area contributed by atoms with Crippen molar-refractivity contribution in [1.82, 2.24) is 0 Å². The summed E-state index contributed by atoms with van der Waals surface area (Å²) in [6.07, 6.45) is 6.76. The van der Waals surface area contributed by atoms with Crippen LogP contribution in [0.3, 0.4) is 0 Å². The maximum atomic E-state index is 12.2. The molecule has 0 saturated heterocycles. The standard InChI is InChI=1S/C17H23ClO2/c1-2-3-4-5-6-8-12-11-14-13(17(20)16(12)19)9-7-10-15(14)18/h7,9-10,12,16,19H,2-6,8,11H2,1H3. The first-order chi connectivity index (χ1) is 9.65. The Morgan fingerprint density at radius 3 is 2.75 bits per heavy atom. The predicted molar refractivity (Wildman–Crippen MR) is 82.4 cm³/mol. The molecule has 2 unspecified atom stereocenters. The molecule has 0 aromatic heterocycles. The van der Waals surface area contributed by atoms with E-state index in [0.29, 0.717) is 10.6 Å². The number of carbonyl (C=O) groups is 1. The minimum atomic E-state index is -0.854. The summed E-state index contributed by atoms with van der Waals surface area (Å²) in [5, 5.41) is 10.8. The third-order valence-electron chi connectivity index (χ3n) is 4.24. The molecule has 0 bridgehead atoms. The van der Waals surface area contributed by atoms with Gasteiger partial charge in [-0.2, -0.15) is 0 Å². The number of unbranched alkanes of at least 4 members (excludes halogenated alkanes) is 4. The molecule has 1 aliphatic rings. The van der Waals surface area contributed by atoms with Crippen LogP contribution in [0.5, 0.6) is 0 Å². The van der Waals surface area contributed by atoms with E-state index in [4.69, 9.17) is 11.6 Å². The Labute approximate surface area is 126 Å². The minimum absolute atomic E-state index is 0.0246. The maximum Gasteiger partial charge on any atom is 0.191 e. The number of halogens is 1. The number of fused-ring (bicyclic) bond motifs is 1. The number of Topliss-reactive ketones (excluding diaryl/α,β-unsaturated/α-hetero) is 1. The molecule has 0 saturated carbocycles. The van der Waals surface area contributed by atoms with Crippen molar-refractivity contribution in [3.8, 4) is 0 Å². The van der Waals surface area contributed by atoms with E-state index in [-0.39, 0.29) is 11.7 Å². The van der Waals surface area contributed by atoms with E-state index in [0.717, 1.165) is 24.8 Å². The fraction of sp³-hybridized carbons (Fsp3) is 0.588. The molecule has 2 atom stereocenters. The van der Waals surface area contributed by atoms with E-state index >= 15 is 0 Å². The molecule has 2 rings (SSSR count). The minimum Gasteiger partial charge on any atom is -0.385 e. The highest BCUT2D eigenvalue weighted by atomic mass is 35.5. The zero-order valence-electron chi connectivity index (χ0n) is 12.1. The lowest BCUT2D eigenvalue weighted by Gasteiger charge is -2.29. The van der Waals surface area contributed by atoms with Crippen molar-refractivity contribution < 1.29 is 9.90 Å². The van der Waals surface area contributed by atoms with Crippen LogP contribution in [0.15, 0.2) is 18.2 Å². The molecule has 3 heteroatoms. The summed E-state index contributed by atoms with van der Waals surface area (Å²) < 4.78 is 0. The second-order valence-electron chi connectivity index (χ2n) is 5.74. The van der Waals surface area contributed by atoms with Gasteiger partial charge in [0.25, 0.3) is 0 Å². The first kappa shape index (κ1) is 15.5. The number of aliphatic hydroxyl groups excluding tert-OH is 1. The molecule has 0 heterocycles. The second kappa shape index (κ2) is 7.24. The van der Waals surface area contributed by atoms with E-state index in [1.165, 1.54) is 25.7 Å². The lowest BCUT2D eigenvalue weighted by Crippen LogP contribution is -2.36. The monoisotopic (exact) mass is 294 g/mol. The zero-order chi connectivity index (χ0) is 14.5. The first-order valence-corrected chi connectivity index (χ1v) is 8.02. The Balaban J connectivity index is 1.99. The molecule has 0 aliphatic heterocycles. The predicted octanol–water partition coefficient (Wildman–Crippen LogP) is 4.42. The molecule has 1 aromatic carbocycles. The molecule has 20 heavy (non-hydrogen) atoms. The van der Waals surface area contributed by atoms with Crippen LogP contribution in [0, 0.1) is 5.92 Å². The Hall–Kier alpha value is -0.860. The molecular weight excluding hydrogens is 272 g/mol. The van der Waals surface area contributed by atoms with Crippen molar-refractivity contribution in [2.75, 3.05) is 0 Å². The highest BCUT2D eigenvalue weighted by Crippen LogP contribution is 2.33. The van der Waals surface area contributed by atoms with Crippen LogP contribution in [-0.2, 0) is 6.42 Å². The Morgan fingerprint density at radius 1 is 1.25 bits per heavy atom. The van der Waals surface area contributed by atoms with Crippen molar-refractivity contribution in [3.05, 3.63) is 34.3 Å². The zero-order valence-corrected chi connectivity index (χ0v) is 12.8. The summed E-state index contributed by atoms with van der Waals surface area (Å²) in [7, 11) is 0. The topological polar surface area (TPSA) is 37.3 Å². The summed E-state index contributed by atoms with van der Waals surface area (Å²) in [6.45, 7) is 2.20. The Bertz CT molecular complexity index is 470. The van der Waals surface area contributed by atoms with E-state index in [9.17, 15) is 9.90 Å². The lowest BCUT2D eigenvalue weighted by atomic mass is 9.78. The fourth-order valence-corrected chi connectivity index (χ4v) is 3.27. The lowest BCUT2D eigenvalue weighted by molar-refractivity contribution is 0.0550. The van der Waals surface area contributed by atoms with Gasteiger partial charge in [-0.15, -0.1) is 0 Å². The third kappa shape index (κ3) is 3.42. The van der Waals surface area contributed by atoms with Crippen LogP contribution in [0.4, 0.5) is 0 Å². The summed E-state index contributed by atoms with van der Waals surface area (Å²) in [6, 6.07) is 5.37. The fourth-order valence-electron chi connectivity index (χ4n) is 3.01. The van der Waals surface area contributed by atoms with Crippen LogP contribution < -0.4 is 0 Å². The van der Waals surface area contributed by atoms with Gasteiger partial charge < -0.3 is 5.11 Å². The van der Waals surface area contributed by atoms with Gasteiger partial charge >= 0.3 is 0 Å². The van der Waals surface area contributed by atoms with Crippen LogP contribution in [0.2, 0.25) is 5.02 Å². The Morgan fingerprint density at radius 2 is 2.00 bits per heavy atom. The number of carbonyl (C=O) groups excluding carboxylic acids is 1. The van der Waals surface area contributed by atoms with Crippen LogP contribution in [0.25, 0.3) is 0 Å². The number of rotatable bonds is 6. The largest absolute Gasteiger partial charge is 0.385 e. The molecule has 2 nitrogen and oxygen atoms in total. The number of hydrogen-bond donors (Lipinski definition) is 1. The summed E-state index contributed by atoms with van der Waals surface area (Å²) >= 11 is 6.19. The average molecular weight is 295 g/mol. The summed E-state index contributed by atoms with van der Waals surface area (Å²) in [5.41, 5.74) is 1.52. The van der Waals surface area contributed by atoms with Crippen molar-refractivity contribution >= 4 is 17.4 Å². The van der Waals surface area contributed by atoms with Crippen LogP contribution in [0.1, 0.15) is 61.4 Å². The van der Waals surface area contributed by atoms with E-state index in [2.05, 4.69) is 6.92 Å². The van der Waals surface area contributed by atoms with Crippen molar-refractivity contribution in [3.63, 3.8) is 0 Å². The van der Waals surface area contributed by atoms with Gasteiger partial charge in [-0.25, -0.2) is 0 Å². The molecule has 110 valence electrons. The van der Waals surface area contributed by atoms with Gasteiger partial charge in [0.1, 0.15) is 6.10 Å². The Kier molecular flexibility index (Phi) is 5.62. The van der Waals surface area contributed by atoms with Crippen molar-refractivity contribution in [1.29, 1.82) is 0 Å². The maximum absolute atomic E-state index is 12.2. The normalized spacial score (nSPS) is 21.9. The third-order valence-corrected chi connectivity index (χ3v) is 4.60. The van der Waals surface area contributed by atoms with Crippen LogP contribution >= 0.6 is 11.6 Å². The first-order valence-electron chi connectivity index (χ1n) is 7.64. The van der Waals surface area contributed by atoms with Gasteiger partial charge in [-0.1, -0.05) is 62.8 Å². The smallest absolute Gasteiger partial charge is 0.191 e. The SMILES string of the molecule is CCCCCCCC1Cc2c(Cl)cccc2C(=O)C1O. The number of aliphatic hydroxyl groups is 1. The van der Waals surface area contributed by atoms with Gasteiger partial charge in [0.05, 0.1) is 0 Å².